The standard InChI is InChI=1S/C20H34O4/c1-7-11(2)15-14(23)17-19(5,24-15)10-12(21)16-18(3,4)9-8-13(22)20(16,17)6/h7,12-17,21-23H,8-10H2,1-6H3. The van der Waals surface area contributed by atoms with Gasteiger partial charge in [-0.2, -0.15) is 0 Å². The molecule has 0 spiro atoms. The minimum absolute atomic E-state index is 0.0465. The second kappa shape index (κ2) is 5.54. The highest BCUT2D eigenvalue weighted by molar-refractivity contribution is 5.22. The molecule has 24 heavy (non-hydrogen) atoms. The van der Waals surface area contributed by atoms with Gasteiger partial charge in [0.15, 0.2) is 0 Å². The van der Waals surface area contributed by atoms with Crippen LogP contribution in [0.15, 0.2) is 11.6 Å². The molecule has 8 atom stereocenters. The molecule has 3 fully saturated rings. The lowest BCUT2D eigenvalue weighted by Crippen LogP contribution is -2.67. The van der Waals surface area contributed by atoms with Gasteiger partial charge >= 0.3 is 0 Å². The summed E-state index contributed by atoms with van der Waals surface area (Å²) < 4.78 is 6.33. The Morgan fingerprint density at radius 1 is 1.08 bits per heavy atom. The van der Waals surface area contributed by atoms with Crippen molar-refractivity contribution in [1.82, 2.24) is 0 Å². The summed E-state index contributed by atoms with van der Waals surface area (Å²) in [6.07, 6.45) is 2.02. The van der Waals surface area contributed by atoms with Crippen LogP contribution in [0.5, 0.6) is 0 Å². The molecule has 0 amide bonds. The number of hydrogen-bond donors (Lipinski definition) is 3. The van der Waals surface area contributed by atoms with Crippen molar-refractivity contribution in [2.24, 2.45) is 22.7 Å². The molecule has 1 aliphatic heterocycles. The second-order valence-electron chi connectivity index (χ2n) is 9.51. The van der Waals surface area contributed by atoms with E-state index in [9.17, 15) is 15.3 Å². The minimum atomic E-state index is -0.658. The zero-order chi connectivity index (χ0) is 18.1. The first-order chi connectivity index (χ1) is 11.0. The van der Waals surface area contributed by atoms with Crippen LogP contribution in [-0.2, 0) is 4.74 Å². The molecule has 0 aromatic heterocycles. The lowest BCUT2D eigenvalue weighted by molar-refractivity contribution is -0.242. The molecule has 4 heteroatoms. The van der Waals surface area contributed by atoms with E-state index in [1.807, 2.05) is 26.8 Å². The first-order valence-electron chi connectivity index (χ1n) is 9.34. The van der Waals surface area contributed by atoms with E-state index in [1.54, 1.807) is 0 Å². The molecule has 8 unspecified atom stereocenters. The monoisotopic (exact) mass is 338 g/mol. The molecular weight excluding hydrogens is 304 g/mol. The maximum Gasteiger partial charge on any atom is 0.105 e. The predicted octanol–water partition coefficient (Wildman–Crippen LogP) is 2.66. The Kier molecular flexibility index (Phi) is 4.24. The number of hydrogen-bond acceptors (Lipinski definition) is 4. The first-order valence-corrected chi connectivity index (χ1v) is 9.34. The maximum atomic E-state index is 11.2. The van der Waals surface area contributed by atoms with Gasteiger partial charge in [0.1, 0.15) is 6.10 Å². The van der Waals surface area contributed by atoms with E-state index >= 15 is 0 Å². The molecule has 0 radical (unpaired) electrons. The van der Waals surface area contributed by atoms with Crippen LogP contribution in [0.2, 0.25) is 0 Å². The van der Waals surface area contributed by atoms with Crippen LogP contribution in [0.25, 0.3) is 0 Å². The fraction of sp³-hybridized carbons (Fsp3) is 0.900. The van der Waals surface area contributed by atoms with E-state index < -0.39 is 29.3 Å². The maximum absolute atomic E-state index is 11.2. The predicted molar refractivity (Wildman–Crippen MR) is 93.4 cm³/mol. The second-order valence-corrected chi connectivity index (χ2v) is 9.51. The molecule has 0 aromatic rings. The topological polar surface area (TPSA) is 69.9 Å². The molecule has 1 saturated heterocycles. The minimum Gasteiger partial charge on any atom is -0.393 e. The average Bonchev–Trinajstić information content (AvgIpc) is 2.74. The SMILES string of the molecule is CC=C(C)C1OC2(C)CC(O)C3C(C)(C)CCC(O)C3(C)C2C1O. The van der Waals surface area contributed by atoms with Crippen LogP contribution in [0.4, 0.5) is 0 Å². The van der Waals surface area contributed by atoms with Crippen LogP contribution in [-0.4, -0.2) is 45.3 Å². The molecule has 2 saturated carbocycles. The third kappa shape index (κ3) is 2.26. The van der Waals surface area contributed by atoms with Crippen molar-refractivity contribution >= 4 is 0 Å². The Labute approximate surface area is 145 Å². The van der Waals surface area contributed by atoms with Gasteiger partial charge in [-0.05, 0) is 50.5 Å². The zero-order valence-electron chi connectivity index (χ0n) is 15.9. The zero-order valence-corrected chi connectivity index (χ0v) is 15.9. The van der Waals surface area contributed by atoms with Crippen LogP contribution < -0.4 is 0 Å². The molecular formula is C20H34O4. The quantitative estimate of drug-likeness (QED) is 0.643. The van der Waals surface area contributed by atoms with E-state index in [1.165, 1.54) is 0 Å². The first kappa shape index (κ1) is 18.4. The molecule has 3 rings (SSSR count). The Morgan fingerprint density at radius 3 is 2.29 bits per heavy atom. The van der Waals surface area contributed by atoms with E-state index in [-0.39, 0.29) is 23.4 Å². The number of ether oxygens (including phenoxy) is 1. The largest absolute Gasteiger partial charge is 0.393 e. The van der Waals surface area contributed by atoms with Gasteiger partial charge in [-0.1, -0.05) is 26.8 Å². The van der Waals surface area contributed by atoms with Crippen molar-refractivity contribution in [2.45, 2.75) is 90.8 Å². The lowest BCUT2D eigenvalue weighted by atomic mass is 9.43. The molecule has 138 valence electrons. The van der Waals surface area contributed by atoms with Crippen LogP contribution in [0.1, 0.15) is 60.8 Å². The van der Waals surface area contributed by atoms with Gasteiger partial charge in [0, 0.05) is 17.8 Å². The highest BCUT2D eigenvalue weighted by atomic mass is 16.5. The molecule has 3 N–H and O–H groups in total. The summed E-state index contributed by atoms with van der Waals surface area (Å²) in [7, 11) is 0. The fourth-order valence-corrected chi connectivity index (χ4v) is 6.59. The van der Waals surface area contributed by atoms with Crippen LogP contribution in [0, 0.1) is 22.7 Å². The van der Waals surface area contributed by atoms with Crippen molar-refractivity contribution in [3.63, 3.8) is 0 Å². The van der Waals surface area contributed by atoms with Crippen LogP contribution >= 0.6 is 0 Å². The molecule has 2 aliphatic carbocycles. The molecule has 0 aromatic carbocycles. The van der Waals surface area contributed by atoms with Gasteiger partial charge in [0.05, 0.1) is 23.9 Å². The van der Waals surface area contributed by atoms with Crippen molar-refractivity contribution in [3.05, 3.63) is 11.6 Å². The van der Waals surface area contributed by atoms with Crippen molar-refractivity contribution in [2.75, 3.05) is 0 Å². The van der Waals surface area contributed by atoms with E-state index in [4.69, 9.17) is 4.74 Å². The molecule has 1 heterocycles. The molecule has 0 bridgehead atoms. The Bertz CT molecular complexity index is 542. The van der Waals surface area contributed by atoms with Gasteiger partial charge in [0.25, 0.3) is 0 Å². The van der Waals surface area contributed by atoms with Gasteiger partial charge in [-0.15, -0.1) is 0 Å². The van der Waals surface area contributed by atoms with E-state index in [2.05, 4.69) is 20.8 Å². The number of rotatable bonds is 1. The Hall–Kier alpha value is -0.420. The summed E-state index contributed by atoms with van der Waals surface area (Å²) in [5.74, 6) is -0.234. The molecule has 4 nitrogen and oxygen atoms in total. The van der Waals surface area contributed by atoms with Crippen molar-refractivity contribution in [1.29, 1.82) is 0 Å². The van der Waals surface area contributed by atoms with Gasteiger partial charge in [-0.3, -0.25) is 0 Å². The van der Waals surface area contributed by atoms with Gasteiger partial charge in [0.2, 0.25) is 0 Å². The van der Waals surface area contributed by atoms with E-state index in [0.717, 1.165) is 12.0 Å². The summed E-state index contributed by atoms with van der Waals surface area (Å²) in [5, 5.41) is 33.2. The molecule has 3 aliphatic rings. The van der Waals surface area contributed by atoms with Crippen LogP contribution in [0.3, 0.4) is 0 Å². The van der Waals surface area contributed by atoms with Gasteiger partial charge < -0.3 is 20.1 Å². The summed E-state index contributed by atoms with van der Waals surface area (Å²) in [5.41, 5.74) is -0.233. The number of allylic oxidation sites excluding steroid dienone is 1. The summed E-state index contributed by atoms with van der Waals surface area (Å²) in [6, 6.07) is 0. The number of aliphatic hydroxyl groups excluding tert-OH is 3. The summed E-state index contributed by atoms with van der Waals surface area (Å²) >= 11 is 0. The third-order valence-electron chi connectivity index (χ3n) is 7.57. The van der Waals surface area contributed by atoms with Crippen molar-refractivity contribution < 1.29 is 20.1 Å². The smallest absolute Gasteiger partial charge is 0.105 e. The number of fused-ring (bicyclic) bond motifs is 3. The Morgan fingerprint density at radius 2 is 1.71 bits per heavy atom. The normalized spacial score (nSPS) is 54.3. The summed E-state index contributed by atoms with van der Waals surface area (Å²) in [6.45, 7) is 12.4. The highest BCUT2D eigenvalue weighted by Crippen LogP contribution is 2.65. The summed E-state index contributed by atoms with van der Waals surface area (Å²) in [4.78, 5) is 0. The van der Waals surface area contributed by atoms with Gasteiger partial charge in [-0.25, -0.2) is 0 Å². The fourth-order valence-electron chi connectivity index (χ4n) is 6.59. The van der Waals surface area contributed by atoms with E-state index in [0.29, 0.717) is 12.8 Å². The number of aliphatic hydroxyl groups is 3. The average molecular weight is 338 g/mol. The Balaban J connectivity index is 2.11. The highest BCUT2D eigenvalue weighted by Gasteiger charge is 2.70. The lowest BCUT2D eigenvalue weighted by Gasteiger charge is -2.63. The van der Waals surface area contributed by atoms with Crippen molar-refractivity contribution in [3.8, 4) is 0 Å². The third-order valence-corrected chi connectivity index (χ3v) is 7.57.